The highest BCUT2D eigenvalue weighted by Crippen LogP contribution is 2.17. The number of rotatable bonds is 6. The largest absolute Gasteiger partial charge is 0.315 e. The van der Waals surface area contributed by atoms with Gasteiger partial charge in [-0.1, -0.05) is 27.7 Å². The minimum Gasteiger partial charge on any atom is -0.315 e. The van der Waals surface area contributed by atoms with Crippen LogP contribution in [0.1, 0.15) is 40.5 Å². The van der Waals surface area contributed by atoms with Crippen LogP contribution in [0.4, 0.5) is 0 Å². The van der Waals surface area contributed by atoms with E-state index in [1.807, 2.05) is 0 Å². The zero-order valence-corrected chi connectivity index (χ0v) is 10.9. The van der Waals surface area contributed by atoms with Crippen molar-refractivity contribution in [3.8, 4) is 0 Å². The average molecular weight is 212 g/mol. The lowest BCUT2D eigenvalue weighted by molar-refractivity contribution is 0.185. The molecule has 0 aromatic carbocycles. The first-order chi connectivity index (χ1) is 7.11. The Hall–Kier alpha value is -0.0800. The van der Waals surface area contributed by atoms with Gasteiger partial charge in [0.15, 0.2) is 0 Å². The predicted molar refractivity (Wildman–Crippen MR) is 67.1 cm³/mol. The molecule has 1 unspecified atom stereocenters. The van der Waals surface area contributed by atoms with E-state index in [9.17, 15) is 0 Å². The van der Waals surface area contributed by atoms with E-state index in [2.05, 4.69) is 37.9 Å². The van der Waals surface area contributed by atoms with Gasteiger partial charge < -0.3 is 5.32 Å². The topological polar surface area (TPSA) is 15.3 Å². The Morgan fingerprint density at radius 1 is 1.00 bits per heavy atom. The molecule has 1 saturated heterocycles. The number of nitrogens with one attached hydrogen (secondary N) is 1. The Labute approximate surface area is 95.4 Å². The van der Waals surface area contributed by atoms with Gasteiger partial charge in [-0.2, -0.15) is 0 Å². The van der Waals surface area contributed by atoms with Crippen molar-refractivity contribution in [2.24, 2.45) is 11.8 Å². The van der Waals surface area contributed by atoms with Crippen molar-refractivity contribution in [2.75, 3.05) is 26.2 Å². The molecule has 2 heteroatoms. The maximum atomic E-state index is 3.60. The summed E-state index contributed by atoms with van der Waals surface area (Å²) in [4.78, 5) is 2.66. The summed E-state index contributed by atoms with van der Waals surface area (Å²) in [5, 5.41) is 3.60. The van der Waals surface area contributed by atoms with Crippen LogP contribution in [0.15, 0.2) is 0 Å². The number of nitrogens with zero attached hydrogens (tertiary/aromatic N) is 1. The first-order valence-corrected chi connectivity index (χ1v) is 6.56. The van der Waals surface area contributed by atoms with Gasteiger partial charge in [0.1, 0.15) is 0 Å². The fourth-order valence-corrected chi connectivity index (χ4v) is 2.38. The summed E-state index contributed by atoms with van der Waals surface area (Å²) in [6, 6.07) is 0.742. The van der Waals surface area contributed by atoms with E-state index < -0.39 is 0 Å². The van der Waals surface area contributed by atoms with Crippen LogP contribution in [-0.4, -0.2) is 37.1 Å². The van der Waals surface area contributed by atoms with Crippen molar-refractivity contribution in [3.63, 3.8) is 0 Å². The molecule has 0 aromatic heterocycles. The zero-order chi connectivity index (χ0) is 11.3. The van der Waals surface area contributed by atoms with Gasteiger partial charge in [0.05, 0.1) is 0 Å². The molecule has 1 rings (SSSR count). The van der Waals surface area contributed by atoms with Crippen LogP contribution in [-0.2, 0) is 0 Å². The molecule has 1 fully saturated rings. The lowest BCUT2D eigenvalue weighted by atomic mass is 10.0. The summed E-state index contributed by atoms with van der Waals surface area (Å²) in [5.74, 6) is 1.53. The summed E-state index contributed by atoms with van der Waals surface area (Å²) in [6.07, 6.45) is 2.79. The van der Waals surface area contributed by atoms with E-state index in [1.165, 1.54) is 25.9 Å². The van der Waals surface area contributed by atoms with Crippen LogP contribution in [0.25, 0.3) is 0 Å². The van der Waals surface area contributed by atoms with Crippen LogP contribution < -0.4 is 5.32 Å². The Bertz CT molecular complexity index is 160. The quantitative estimate of drug-likeness (QED) is 0.727. The standard InChI is InChI=1S/C13H28N2/c1-11(2)9-14-10-13(12(3)4)15-7-5-6-8-15/h11-14H,5-10H2,1-4H3. The third kappa shape index (κ3) is 4.52. The highest BCUT2D eigenvalue weighted by molar-refractivity contribution is 4.80. The summed E-state index contributed by atoms with van der Waals surface area (Å²) in [5.41, 5.74) is 0. The van der Waals surface area contributed by atoms with Crippen LogP contribution in [0.2, 0.25) is 0 Å². The minimum atomic E-state index is 0.742. The Morgan fingerprint density at radius 2 is 1.60 bits per heavy atom. The molecular formula is C13H28N2. The third-order valence-electron chi connectivity index (χ3n) is 3.29. The maximum absolute atomic E-state index is 3.60. The van der Waals surface area contributed by atoms with E-state index >= 15 is 0 Å². The molecule has 1 atom stereocenters. The molecular weight excluding hydrogens is 184 g/mol. The van der Waals surface area contributed by atoms with Crippen LogP contribution in [0.3, 0.4) is 0 Å². The Morgan fingerprint density at radius 3 is 2.07 bits per heavy atom. The first kappa shape index (κ1) is 13.0. The second kappa shape index (κ2) is 6.49. The SMILES string of the molecule is CC(C)CNCC(C(C)C)N1CCCC1. The number of hydrogen-bond donors (Lipinski definition) is 1. The van der Waals surface area contributed by atoms with E-state index in [-0.39, 0.29) is 0 Å². The highest BCUT2D eigenvalue weighted by atomic mass is 15.2. The van der Waals surface area contributed by atoms with Gasteiger partial charge in [0, 0.05) is 12.6 Å². The van der Waals surface area contributed by atoms with Crippen molar-refractivity contribution in [2.45, 2.75) is 46.6 Å². The molecule has 0 radical (unpaired) electrons. The van der Waals surface area contributed by atoms with Gasteiger partial charge in [-0.25, -0.2) is 0 Å². The molecule has 90 valence electrons. The number of hydrogen-bond acceptors (Lipinski definition) is 2. The summed E-state index contributed by atoms with van der Waals surface area (Å²) >= 11 is 0. The maximum Gasteiger partial charge on any atom is 0.0243 e. The molecule has 1 N–H and O–H groups in total. The molecule has 1 heterocycles. The monoisotopic (exact) mass is 212 g/mol. The second-order valence-electron chi connectivity index (χ2n) is 5.61. The lowest BCUT2D eigenvalue weighted by Gasteiger charge is -2.31. The van der Waals surface area contributed by atoms with Crippen LogP contribution in [0, 0.1) is 11.8 Å². The second-order valence-corrected chi connectivity index (χ2v) is 5.61. The third-order valence-corrected chi connectivity index (χ3v) is 3.29. The molecule has 15 heavy (non-hydrogen) atoms. The molecule has 1 aliphatic heterocycles. The summed E-state index contributed by atoms with van der Waals surface area (Å²) in [6.45, 7) is 14.2. The van der Waals surface area contributed by atoms with Crippen molar-refractivity contribution in [3.05, 3.63) is 0 Å². The van der Waals surface area contributed by atoms with Gasteiger partial charge in [-0.15, -0.1) is 0 Å². The van der Waals surface area contributed by atoms with Crippen LogP contribution in [0.5, 0.6) is 0 Å². The van der Waals surface area contributed by atoms with E-state index in [4.69, 9.17) is 0 Å². The Balaban J connectivity index is 2.30. The fraction of sp³-hybridized carbons (Fsp3) is 1.00. The average Bonchev–Trinajstić information content (AvgIpc) is 2.63. The first-order valence-electron chi connectivity index (χ1n) is 6.56. The van der Waals surface area contributed by atoms with Gasteiger partial charge >= 0.3 is 0 Å². The Kier molecular flexibility index (Phi) is 5.62. The predicted octanol–water partition coefficient (Wildman–Crippen LogP) is 2.35. The van der Waals surface area contributed by atoms with Crippen molar-refractivity contribution < 1.29 is 0 Å². The van der Waals surface area contributed by atoms with Gasteiger partial charge in [-0.3, -0.25) is 4.90 Å². The van der Waals surface area contributed by atoms with Crippen molar-refractivity contribution in [1.82, 2.24) is 10.2 Å². The molecule has 0 saturated carbocycles. The van der Waals surface area contributed by atoms with Crippen LogP contribution >= 0.6 is 0 Å². The number of likely N-dealkylation sites (tertiary alicyclic amines) is 1. The van der Waals surface area contributed by atoms with Gasteiger partial charge in [0.25, 0.3) is 0 Å². The molecule has 1 aliphatic rings. The molecule has 0 bridgehead atoms. The molecule has 0 spiro atoms. The van der Waals surface area contributed by atoms with Gasteiger partial charge in [-0.05, 0) is 44.3 Å². The molecule has 0 aromatic rings. The summed E-state index contributed by atoms with van der Waals surface area (Å²) in [7, 11) is 0. The lowest BCUT2D eigenvalue weighted by Crippen LogP contribution is -2.44. The van der Waals surface area contributed by atoms with E-state index in [1.54, 1.807) is 0 Å². The normalized spacial score (nSPS) is 20.4. The van der Waals surface area contributed by atoms with Crippen molar-refractivity contribution >= 4 is 0 Å². The minimum absolute atomic E-state index is 0.742. The zero-order valence-electron chi connectivity index (χ0n) is 10.9. The smallest absolute Gasteiger partial charge is 0.0243 e. The highest BCUT2D eigenvalue weighted by Gasteiger charge is 2.23. The van der Waals surface area contributed by atoms with E-state index in [0.717, 1.165) is 31.0 Å². The molecule has 2 nitrogen and oxygen atoms in total. The van der Waals surface area contributed by atoms with Crippen molar-refractivity contribution in [1.29, 1.82) is 0 Å². The van der Waals surface area contributed by atoms with E-state index in [0.29, 0.717) is 0 Å². The summed E-state index contributed by atoms with van der Waals surface area (Å²) < 4.78 is 0. The van der Waals surface area contributed by atoms with Gasteiger partial charge in [0.2, 0.25) is 0 Å². The molecule has 0 aliphatic carbocycles. The fourth-order valence-electron chi connectivity index (χ4n) is 2.38. The molecule has 0 amide bonds.